The van der Waals surface area contributed by atoms with Crippen molar-refractivity contribution in [2.75, 3.05) is 0 Å². The Bertz CT molecular complexity index is 407. The minimum absolute atomic E-state index is 0.0509. The van der Waals surface area contributed by atoms with Crippen LogP contribution in [0.5, 0.6) is 5.75 Å². The van der Waals surface area contributed by atoms with Crippen LogP contribution in [0.2, 0.25) is 0 Å². The van der Waals surface area contributed by atoms with Gasteiger partial charge in [-0.3, -0.25) is 10.1 Å². The monoisotopic (exact) mass is 195 g/mol. The van der Waals surface area contributed by atoms with Crippen LogP contribution in [0.3, 0.4) is 0 Å². The van der Waals surface area contributed by atoms with Gasteiger partial charge in [0.25, 0.3) is 0 Å². The maximum atomic E-state index is 10.6. The summed E-state index contributed by atoms with van der Waals surface area (Å²) in [7, 11) is -1.32. The Balaban J connectivity index is 2.68. The first-order chi connectivity index (χ1) is 6.61. The van der Waals surface area contributed by atoms with Crippen LogP contribution in [0.15, 0.2) is 12.1 Å². The van der Waals surface area contributed by atoms with Crippen LogP contribution in [0.4, 0.5) is 5.69 Å². The van der Waals surface area contributed by atoms with Gasteiger partial charge in [-0.2, -0.15) is 0 Å². The Morgan fingerprint density at radius 1 is 1.57 bits per heavy atom. The number of aromatic hydroxyl groups is 1. The molecular weight excluding hydrogens is 189 g/mol. The third-order valence-corrected chi connectivity index (χ3v) is 2.11. The van der Waals surface area contributed by atoms with Gasteiger partial charge in [0.15, 0.2) is 5.75 Å². The maximum absolute atomic E-state index is 10.6. The predicted octanol–water partition coefficient (Wildman–Crippen LogP) is -0.482. The Labute approximate surface area is 79.0 Å². The maximum Gasteiger partial charge on any atom is 0.499 e. The highest BCUT2D eigenvalue weighted by Crippen LogP contribution is 2.27. The highest BCUT2D eigenvalue weighted by atomic mass is 16.6. The van der Waals surface area contributed by atoms with E-state index in [1.807, 2.05) is 0 Å². The molecule has 0 radical (unpaired) electrons. The Morgan fingerprint density at radius 3 is 2.93 bits per heavy atom. The molecule has 0 unspecified atom stereocenters. The van der Waals surface area contributed by atoms with Gasteiger partial charge in [0, 0.05) is 0 Å². The van der Waals surface area contributed by atoms with E-state index in [0.29, 0.717) is 5.56 Å². The van der Waals surface area contributed by atoms with Gasteiger partial charge < -0.3 is 14.8 Å². The number of nitrogens with zero attached hydrogens (tertiary/aromatic N) is 1. The molecule has 0 atom stereocenters. The fourth-order valence-corrected chi connectivity index (χ4v) is 1.48. The summed E-state index contributed by atoms with van der Waals surface area (Å²) in [6, 6.07) is 2.71. The van der Waals surface area contributed by atoms with Crippen molar-refractivity contribution in [3.05, 3.63) is 27.8 Å². The zero-order valence-electron chi connectivity index (χ0n) is 7.01. The molecule has 0 spiro atoms. The highest BCUT2D eigenvalue weighted by Gasteiger charge is 2.37. The molecular formula is C7H6BNO5. The van der Waals surface area contributed by atoms with E-state index in [-0.39, 0.29) is 12.1 Å². The van der Waals surface area contributed by atoms with Crippen molar-refractivity contribution in [3.63, 3.8) is 0 Å². The molecule has 1 aromatic carbocycles. The second-order valence-corrected chi connectivity index (χ2v) is 2.93. The molecule has 7 heteroatoms. The average Bonchev–Trinajstić information content (AvgIpc) is 2.47. The third-order valence-electron chi connectivity index (χ3n) is 2.11. The van der Waals surface area contributed by atoms with E-state index in [9.17, 15) is 20.2 Å². The SMILES string of the molecule is O=[N+]([O-])c1c(O)ccc2c1B(O)OC2. The van der Waals surface area contributed by atoms with Crippen molar-refractivity contribution in [2.24, 2.45) is 0 Å². The molecule has 1 aromatic rings. The molecule has 0 saturated carbocycles. The summed E-state index contributed by atoms with van der Waals surface area (Å²) >= 11 is 0. The Morgan fingerprint density at radius 2 is 2.29 bits per heavy atom. The number of phenols is 1. The second kappa shape index (κ2) is 2.97. The summed E-state index contributed by atoms with van der Waals surface area (Å²) in [5, 5.41) is 29.2. The molecule has 0 saturated heterocycles. The summed E-state index contributed by atoms with van der Waals surface area (Å²) in [6.45, 7) is 0.123. The van der Waals surface area contributed by atoms with Crippen molar-refractivity contribution in [3.8, 4) is 5.75 Å². The minimum Gasteiger partial charge on any atom is -0.502 e. The van der Waals surface area contributed by atoms with Gasteiger partial charge in [-0.15, -0.1) is 0 Å². The van der Waals surface area contributed by atoms with Gasteiger partial charge in [0.1, 0.15) is 0 Å². The van der Waals surface area contributed by atoms with E-state index >= 15 is 0 Å². The zero-order valence-corrected chi connectivity index (χ0v) is 7.01. The number of benzene rings is 1. The normalized spacial score (nSPS) is 14.2. The largest absolute Gasteiger partial charge is 0.502 e. The standard InChI is InChI=1S/C7H6BNO5/c10-5-2-1-4-3-14-8(11)6(4)7(5)9(12)13/h1-2,10-11H,3H2. The molecule has 2 rings (SSSR count). The molecule has 1 heterocycles. The number of phenolic OH excluding ortho intramolecular Hbond substituents is 1. The fourth-order valence-electron chi connectivity index (χ4n) is 1.48. The van der Waals surface area contributed by atoms with Gasteiger partial charge in [-0.25, -0.2) is 0 Å². The van der Waals surface area contributed by atoms with E-state index in [4.69, 9.17) is 4.65 Å². The summed E-state index contributed by atoms with van der Waals surface area (Å²) in [5.74, 6) is -0.460. The lowest BCUT2D eigenvalue weighted by Crippen LogP contribution is -2.30. The van der Waals surface area contributed by atoms with Crippen LogP contribution < -0.4 is 5.46 Å². The van der Waals surface area contributed by atoms with Crippen molar-refractivity contribution in [1.82, 2.24) is 0 Å². The molecule has 6 nitrogen and oxygen atoms in total. The number of fused-ring (bicyclic) bond motifs is 1. The van der Waals surface area contributed by atoms with Crippen LogP contribution >= 0.6 is 0 Å². The van der Waals surface area contributed by atoms with Crippen molar-refractivity contribution >= 4 is 18.3 Å². The van der Waals surface area contributed by atoms with Crippen LogP contribution in [-0.4, -0.2) is 22.2 Å². The van der Waals surface area contributed by atoms with Gasteiger partial charge in [0.05, 0.1) is 17.0 Å². The molecule has 2 N–H and O–H groups in total. The number of rotatable bonds is 1. The number of hydrogen-bond donors (Lipinski definition) is 2. The fraction of sp³-hybridized carbons (Fsp3) is 0.143. The van der Waals surface area contributed by atoms with Crippen LogP contribution in [0.1, 0.15) is 5.56 Å². The van der Waals surface area contributed by atoms with E-state index < -0.39 is 23.5 Å². The highest BCUT2D eigenvalue weighted by molar-refractivity contribution is 6.63. The molecule has 0 bridgehead atoms. The summed E-state index contributed by atoms with van der Waals surface area (Å²) in [6.07, 6.45) is 0. The van der Waals surface area contributed by atoms with E-state index in [1.54, 1.807) is 0 Å². The first kappa shape index (κ1) is 8.98. The first-order valence-electron chi connectivity index (χ1n) is 3.90. The van der Waals surface area contributed by atoms with Crippen LogP contribution in [0.25, 0.3) is 0 Å². The molecule has 1 aliphatic rings. The lowest BCUT2D eigenvalue weighted by atomic mass is 9.78. The number of nitro groups is 1. The average molecular weight is 195 g/mol. The van der Waals surface area contributed by atoms with E-state index in [0.717, 1.165) is 0 Å². The molecule has 0 fully saturated rings. The lowest BCUT2D eigenvalue weighted by Gasteiger charge is -2.01. The Kier molecular flexibility index (Phi) is 1.90. The topological polar surface area (TPSA) is 92.8 Å². The van der Waals surface area contributed by atoms with Gasteiger partial charge in [0.2, 0.25) is 0 Å². The van der Waals surface area contributed by atoms with Crippen molar-refractivity contribution in [1.29, 1.82) is 0 Å². The van der Waals surface area contributed by atoms with E-state index in [1.165, 1.54) is 12.1 Å². The first-order valence-corrected chi connectivity index (χ1v) is 3.90. The summed E-state index contributed by atoms with van der Waals surface area (Å²) < 4.78 is 4.81. The third kappa shape index (κ3) is 1.14. The minimum atomic E-state index is -1.32. The molecule has 72 valence electrons. The van der Waals surface area contributed by atoms with Crippen molar-refractivity contribution < 1.29 is 19.7 Å². The van der Waals surface area contributed by atoms with Crippen LogP contribution in [-0.2, 0) is 11.3 Å². The van der Waals surface area contributed by atoms with E-state index in [2.05, 4.69) is 0 Å². The molecule has 14 heavy (non-hydrogen) atoms. The summed E-state index contributed by atoms with van der Waals surface area (Å²) in [5.41, 5.74) is 0.101. The van der Waals surface area contributed by atoms with Gasteiger partial charge in [-0.05, 0) is 11.6 Å². The molecule has 0 aliphatic carbocycles. The second-order valence-electron chi connectivity index (χ2n) is 2.93. The van der Waals surface area contributed by atoms with Crippen LogP contribution in [0, 0.1) is 10.1 Å². The smallest absolute Gasteiger partial charge is 0.499 e. The quantitative estimate of drug-likeness (QED) is 0.358. The number of nitro benzene ring substituents is 1. The molecule has 0 amide bonds. The lowest BCUT2D eigenvalue weighted by molar-refractivity contribution is -0.384. The number of hydrogen-bond acceptors (Lipinski definition) is 5. The predicted molar refractivity (Wildman–Crippen MR) is 47.2 cm³/mol. The Hall–Kier alpha value is -1.60. The summed E-state index contributed by atoms with van der Waals surface area (Å²) in [4.78, 5) is 9.88. The van der Waals surface area contributed by atoms with Crippen molar-refractivity contribution in [2.45, 2.75) is 6.61 Å². The molecule has 1 aliphatic heterocycles. The van der Waals surface area contributed by atoms with Gasteiger partial charge in [-0.1, -0.05) is 6.07 Å². The molecule has 0 aromatic heterocycles. The van der Waals surface area contributed by atoms with Gasteiger partial charge >= 0.3 is 12.8 Å². The zero-order chi connectivity index (χ0) is 10.3.